The summed E-state index contributed by atoms with van der Waals surface area (Å²) < 4.78 is 10.3. The molecule has 0 unspecified atom stereocenters. The van der Waals surface area contributed by atoms with Gasteiger partial charge in [0.25, 0.3) is 5.69 Å². The molecule has 0 aliphatic rings. The highest BCUT2D eigenvalue weighted by Gasteiger charge is 2.12. The van der Waals surface area contributed by atoms with Crippen molar-refractivity contribution in [1.82, 2.24) is 0 Å². The van der Waals surface area contributed by atoms with Crippen LogP contribution in [0.15, 0.2) is 18.2 Å². The Kier molecular flexibility index (Phi) is 4.27. The molecule has 0 radical (unpaired) electrons. The molecular weight excluding hydrogens is 226 g/mol. The highest BCUT2D eigenvalue weighted by molar-refractivity contribution is 5.76. The summed E-state index contributed by atoms with van der Waals surface area (Å²) in [5, 5.41) is 17.6. The van der Waals surface area contributed by atoms with Gasteiger partial charge in [-0.15, -0.1) is 0 Å². The van der Waals surface area contributed by atoms with Gasteiger partial charge in [0.15, 0.2) is 11.5 Å². The van der Waals surface area contributed by atoms with Crippen molar-refractivity contribution in [1.29, 1.82) is 5.41 Å². The van der Waals surface area contributed by atoms with Crippen LogP contribution in [0.3, 0.4) is 0 Å². The van der Waals surface area contributed by atoms with Gasteiger partial charge in [0.2, 0.25) is 0 Å². The molecule has 0 aliphatic carbocycles. The van der Waals surface area contributed by atoms with E-state index in [1.165, 1.54) is 25.3 Å². The number of methoxy groups -OCH3 is 1. The van der Waals surface area contributed by atoms with Gasteiger partial charge < -0.3 is 15.2 Å². The highest BCUT2D eigenvalue weighted by Crippen LogP contribution is 2.31. The number of hydrogen-bond donors (Lipinski definition) is 2. The van der Waals surface area contributed by atoms with E-state index in [0.29, 0.717) is 12.2 Å². The fraction of sp³-hybridized carbons (Fsp3) is 0.300. The van der Waals surface area contributed by atoms with Crippen LogP contribution in [0.1, 0.15) is 6.42 Å². The largest absolute Gasteiger partial charge is 0.493 e. The first-order chi connectivity index (χ1) is 8.04. The van der Waals surface area contributed by atoms with Crippen molar-refractivity contribution in [3.05, 3.63) is 28.3 Å². The zero-order valence-corrected chi connectivity index (χ0v) is 9.30. The Hall–Kier alpha value is -2.31. The fourth-order valence-corrected chi connectivity index (χ4v) is 1.16. The third-order valence-corrected chi connectivity index (χ3v) is 1.99. The Bertz CT molecular complexity index is 434. The SMILES string of the molecule is COc1cc([N+](=O)[O-])ccc1OCCC(=N)N. The highest BCUT2D eigenvalue weighted by atomic mass is 16.6. The number of amidine groups is 1. The molecule has 0 amide bonds. The first kappa shape index (κ1) is 12.8. The molecule has 92 valence electrons. The van der Waals surface area contributed by atoms with E-state index in [2.05, 4.69) is 0 Å². The van der Waals surface area contributed by atoms with E-state index >= 15 is 0 Å². The lowest BCUT2D eigenvalue weighted by Gasteiger charge is -2.09. The summed E-state index contributed by atoms with van der Waals surface area (Å²) in [4.78, 5) is 10.0. The average molecular weight is 239 g/mol. The van der Waals surface area contributed by atoms with Crippen LogP contribution >= 0.6 is 0 Å². The minimum atomic E-state index is -0.512. The van der Waals surface area contributed by atoms with Gasteiger partial charge in [0.05, 0.1) is 30.5 Å². The van der Waals surface area contributed by atoms with Crippen molar-refractivity contribution in [3.8, 4) is 11.5 Å². The molecule has 7 nitrogen and oxygen atoms in total. The predicted molar refractivity (Wildman–Crippen MR) is 61.7 cm³/mol. The van der Waals surface area contributed by atoms with Gasteiger partial charge >= 0.3 is 0 Å². The number of ether oxygens (including phenoxy) is 2. The number of nitrogens with one attached hydrogen (secondary N) is 1. The first-order valence-electron chi connectivity index (χ1n) is 4.82. The molecule has 0 aromatic heterocycles. The summed E-state index contributed by atoms with van der Waals surface area (Å²) in [6.45, 7) is 0.226. The molecule has 1 rings (SSSR count). The second kappa shape index (κ2) is 5.69. The van der Waals surface area contributed by atoms with Gasteiger partial charge in [0.1, 0.15) is 0 Å². The molecule has 0 saturated heterocycles. The normalized spacial score (nSPS) is 9.71. The number of benzene rings is 1. The average Bonchev–Trinajstić information content (AvgIpc) is 2.28. The zero-order chi connectivity index (χ0) is 12.8. The third kappa shape index (κ3) is 3.63. The van der Waals surface area contributed by atoms with Crippen LogP contribution in [-0.4, -0.2) is 24.5 Å². The molecule has 0 saturated carbocycles. The van der Waals surface area contributed by atoms with Gasteiger partial charge in [-0.25, -0.2) is 0 Å². The topological polar surface area (TPSA) is 111 Å². The Morgan fingerprint density at radius 1 is 1.53 bits per heavy atom. The Labute approximate surface area is 97.8 Å². The van der Waals surface area contributed by atoms with Gasteiger partial charge in [-0.1, -0.05) is 0 Å². The van der Waals surface area contributed by atoms with E-state index in [9.17, 15) is 10.1 Å². The Morgan fingerprint density at radius 3 is 2.76 bits per heavy atom. The zero-order valence-electron chi connectivity index (χ0n) is 9.30. The maximum absolute atomic E-state index is 10.5. The van der Waals surface area contributed by atoms with Crippen LogP contribution in [0.4, 0.5) is 5.69 Å². The van der Waals surface area contributed by atoms with E-state index in [0.717, 1.165) is 0 Å². The van der Waals surface area contributed by atoms with Crippen LogP contribution in [-0.2, 0) is 0 Å². The number of nitrogens with zero attached hydrogens (tertiary/aromatic N) is 1. The molecule has 17 heavy (non-hydrogen) atoms. The summed E-state index contributed by atoms with van der Waals surface area (Å²) in [7, 11) is 1.40. The second-order valence-corrected chi connectivity index (χ2v) is 3.22. The number of rotatable bonds is 6. The molecule has 0 spiro atoms. The smallest absolute Gasteiger partial charge is 0.273 e. The van der Waals surface area contributed by atoms with Crippen LogP contribution < -0.4 is 15.2 Å². The number of nitrogens with two attached hydrogens (primary N) is 1. The lowest BCUT2D eigenvalue weighted by Crippen LogP contribution is -2.14. The number of nitro benzene ring substituents is 1. The summed E-state index contributed by atoms with van der Waals surface area (Å²) in [6, 6.07) is 4.06. The lowest BCUT2D eigenvalue weighted by molar-refractivity contribution is -0.384. The molecule has 1 aromatic rings. The quantitative estimate of drug-likeness (QED) is 0.336. The minimum absolute atomic E-state index is 0.0193. The standard InChI is InChI=1S/C10H13N3O4/c1-16-9-6-7(13(14)15)2-3-8(9)17-5-4-10(11)12/h2-3,6H,4-5H2,1H3,(H3,11,12). The van der Waals surface area contributed by atoms with Gasteiger partial charge in [0, 0.05) is 12.5 Å². The summed E-state index contributed by atoms with van der Waals surface area (Å²) >= 11 is 0. The van der Waals surface area contributed by atoms with E-state index in [1.54, 1.807) is 0 Å². The van der Waals surface area contributed by atoms with Crippen LogP contribution in [0.2, 0.25) is 0 Å². The minimum Gasteiger partial charge on any atom is -0.493 e. The third-order valence-electron chi connectivity index (χ3n) is 1.99. The van der Waals surface area contributed by atoms with E-state index < -0.39 is 4.92 Å². The molecule has 0 fully saturated rings. The molecule has 0 bridgehead atoms. The number of non-ortho nitro benzene ring substituents is 1. The maximum atomic E-state index is 10.5. The summed E-state index contributed by atoms with van der Waals surface area (Å²) in [5.74, 6) is 0.688. The molecule has 3 N–H and O–H groups in total. The molecule has 7 heteroatoms. The van der Waals surface area contributed by atoms with Gasteiger partial charge in [-0.2, -0.15) is 0 Å². The monoisotopic (exact) mass is 239 g/mol. The first-order valence-corrected chi connectivity index (χ1v) is 4.82. The van der Waals surface area contributed by atoms with Crippen molar-refractivity contribution in [2.24, 2.45) is 5.73 Å². The van der Waals surface area contributed by atoms with Crippen molar-refractivity contribution < 1.29 is 14.4 Å². The van der Waals surface area contributed by atoms with Crippen LogP contribution in [0, 0.1) is 15.5 Å². The van der Waals surface area contributed by atoms with E-state index in [1.807, 2.05) is 0 Å². The van der Waals surface area contributed by atoms with E-state index in [4.69, 9.17) is 20.6 Å². The summed E-state index contributed by atoms with van der Waals surface area (Å²) in [6.07, 6.45) is 0.292. The van der Waals surface area contributed by atoms with Gasteiger partial charge in [-0.05, 0) is 6.07 Å². The second-order valence-electron chi connectivity index (χ2n) is 3.22. The fourth-order valence-electron chi connectivity index (χ4n) is 1.16. The van der Waals surface area contributed by atoms with Crippen molar-refractivity contribution >= 4 is 11.5 Å². The Morgan fingerprint density at radius 2 is 2.24 bits per heavy atom. The number of nitro groups is 1. The van der Waals surface area contributed by atoms with Gasteiger partial charge in [-0.3, -0.25) is 15.5 Å². The molecule has 1 aromatic carbocycles. The maximum Gasteiger partial charge on any atom is 0.273 e. The van der Waals surface area contributed by atoms with Crippen molar-refractivity contribution in [2.75, 3.05) is 13.7 Å². The molecule has 0 aliphatic heterocycles. The number of hydrogen-bond acceptors (Lipinski definition) is 5. The Balaban J connectivity index is 2.78. The van der Waals surface area contributed by atoms with Crippen molar-refractivity contribution in [3.63, 3.8) is 0 Å². The molecule has 0 atom stereocenters. The molecule has 0 heterocycles. The lowest BCUT2D eigenvalue weighted by atomic mass is 10.3. The van der Waals surface area contributed by atoms with Crippen molar-refractivity contribution in [2.45, 2.75) is 6.42 Å². The van der Waals surface area contributed by atoms with E-state index in [-0.39, 0.29) is 23.9 Å². The molecular formula is C10H13N3O4. The predicted octanol–water partition coefficient (Wildman–Crippen LogP) is 1.31. The van der Waals surface area contributed by atoms with Crippen LogP contribution in [0.25, 0.3) is 0 Å². The summed E-state index contributed by atoms with van der Waals surface area (Å²) in [5.41, 5.74) is 5.10. The van der Waals surface area contributed by atoms with Crippen LogP contribution in [0.5, 0.6) is 11.5 Å².